The van der Waals surface area contributed by atoms with Crippen LogP contribution < -0.4 is 0 Å². The number of hydrogen-bond acceptors (Lipinski definition) is 1. The van der Waals surface area contributed by atoms with Crippen LogP contribution in [0.1, 0.15) is 34.1 Å². The van der Waals surface area contributed by atoms with Gasteiger partial charge in [-0.3, -0.25) is 0 Å². The molecule has 0 heterocycles. The van der Waals surface area contributed by atoms with Gasteiger partial charge in [0.05, 0.1) is 0 Å². The Hall–Kier alpha value is -0.330. The summed E-state index contributed by atoms with van der Waals surface area (Å²) in [5.74, 6) is 1.56. The molecule has 0 spiro atoms. The van der Waals surface area contributed by atoms with Gasteiger partial charge in [0.1, 0.15) is 6.29 Å². The van der Waals surface area contributed by atoms with Crippen LogP contribution in [0.2, 0.25) is 0 Å². The van der Waals surface area contributed by atoms with E-state index >= 15 is 0 Å². The molecule has 1 rings (SSSR count). The maximum atomic E-state index is 10.7. The highest BCUT2D eigenvalue weighted by Crippen LogP contribution is 2.48. The SMILES string of the molecule is C[C@@H]1C(C=O)CC(C)(C)[C@@H]1C. The van der Waals surface area contributed by atoms with Crippen LogP contribution in [0.5, 0.6) is 0 Å². The first-order valence-electron chi connectivity index (χ1n) is 4.44. The summed E-state index contributed by atoms with van der Waals surface area (Å²) in [6.45, 7) is 8.97. The molecule has 1 unspecified atom stereocenters. The Kier molecular flexibility index (Phi) is 2.08. The van der Waals surface area contributed by atoms with Gasteiger partial charge in [0.15, 0.2) is 0 Å². The predicted octanol–water partition coefficient (Wildman–Crippen LogP) is 2.50. The molecule has 0 radical (unpaired) electrons. The second kappa shape index (κ2) is 2.62. The number of carbonyl (C=O) groups is 1. The molecule has 0 N–H and O–H groups in total. The maximum absolute atomic E-state index is 10.7. The van der Waals surface area contributed by atoms with Crippen molar-refractivity contribution in [3.63, 3.8) is 0 Å². The quantitative estimate of drug-likeness (QED) is 0.530. The molecule has 1 aliphatic rings. The van der Waals surface area contributed by atoms with Gasteiger partial charge in [-0.05, 0) is 23.7 Å². The first kappa shape index (κ1) is 8.76. The molecule has 11 heavy (non-hydrogen) atoms. The van der Waals surface area contributed by atoms with Crippen molar-refractivity contribution in [2.45, 2.75) is 34.1 Å². The van der Waals surface area contributed by atoms with Gasteiger partial charge in [-0.15, -0.1) is 0 Å². The van der Waals surface area contributed by atoms with Crippen molar-refractivity contribution >= 4 is 6.29 Å². The predicted molar refractivity (Wildman–Crippen MR) is 46.3 cm³/mol. The smallest absolute Gasteiger partial charge is 0.123 e. The third-order valence-electron chi connectivity index (χ3n) is 3.63. The summed E-state index contributed by atoms with van der Waals surface area (Å²) in [4.78, 5) is 10.7. The standard InChI is InChI=1S/C10H18O/c1-7-8(2)10(3,4)5-9(7)6-11/h6-9H,5H2,1-4H3/t7-,8+,9?/m0/s1. The number of carbonyl (C=O) groups excluding carboxylic acids is 1. The Labute approximate surface area is 69.2 Å². The van der Waals surface area contributed by atoms with Crippen molar-refractivity contribution in [3.05, 3.63) is 0 Å². The van der Waals surface area contributed by atoms with Crippen LogP contribution in [0.15, 0.2) is 0 Å². The average molecular weight is 154 g/mol. The Balaban J connectivity index is 2.76. The van der Waals surface area contributed by atoms with Crippen molar-refractivity contribution in [1.29, 1.82) is 0 Å². The van der Waals surface area contributed by atoms with Crippen LogP contribution in [0.3, 0.4) is 0 Å². The molecule has 1 nitrogen and oxygen atoms in total. The third-order valence-corrected chi connectivity index (χ3v) is 3.63. The van der Waals surface area contributed by atoms with E-state index in [-0.39, 0.29) is 0 Å². The van der Waals surface area contributed by atoms with E-state index in [9.17, 15) is 4.79 Å². The Morgan fingerprint density at radius 2 is 1.91 bits per heavy atom. The molecular formula is C10H18O. The van der Waals surface area contributed by atoms with Crippen LogP contribution in [-0.4, -0.2) is 6.29 Å². The van der Waals surface area contributed by atoms with Crippen molar-refractivity contribution in [2.24, 2.45) is 23.2 Å². The monoisotopic (exact) mass is 154 g/mol. The van der Waals surface area contributed by atoms with Crippen molar-refractivity contribution in [2.75, 3.05) is 0 Å². The van der Waals surface area contributed by atoms with Crippen LogP contribution in [0.4, 0.5) is 0 Å². The fourth-order valence-electron chi connectivity index (χ4n) is 2.23. The highest BCUT2D eigenvalue weighted by atomic mass is 16.1. The first-order valence-corrected chi connectivity index (χ1v) is 4.44. The molecule has 1 heteroatoms. The zero-order valence-corrected chi connectivity index (χ0v) is 7.92. The number of hydrogen-bond donors (Lipinski definition) is 0. The highest BCUT2D eigenvalue weighted by molar-refractivity contribution is 5.55. The van der Waals surface area contributed by atoms with E-state index in [1.165, 1.54) is 0 Å². The molecule has 64 valence electrons. The largest absolute Gasteiger partial charge is 0.303 e. The molecule has 0 aromatic carbocycles. The number of rotatable bonds is 1. The van der Waals surface area contributed by atoms with Crippen LogP contribution >= 0.6 is 0 Å². The fraction of sp³-hybridized carbons (Fsp3) is 0.900. The van der Waals surface area contributed by atoms with E-state index in [0.29, 0.717) is 23.2 Å². The zero-order valence-electron chi connectivity index (χ0n) is 7.92. The molecule has 0 aromatic rings. The maximum Gasteiger partial charge on any atom is 0.123 e. The zero-order chi connectivity index (χ0) is 8.65. The molecule has 0 amide bonds. The van der Waals surface area contributed by atoms with Crippen LogP contribution in [0.25, 0.3) is 0 Å². The molecular weight excluding hydrogens is 136 g/mol. The van der Waals surface area contributed by atoms with Crippen LogP contribution in [0, 0.1) is 23.2 Å². The molecule has 1 saturated carbocycles. The summed E-state index contributed by atoms with van der Waals surface area (Å²) in [6.07, 6.45) is 2.20. The van der Waals surface area contributed by atoms with Gasteiger partial charge in [-0.25, -0.2) is 0 Å². The number of aldehydes is 1. The van der Waals surface area contributed by atoms with E-state index in [0.717, 1.165) is 12.7 Å². The summed E-state index contributed by atoms with van der Waals surface area (Å²) >= 11 is 0. The van der Waals surface area contributed by atoms with E-state index < -0.39 is 0 Å². The molecule has 0 bridgehead atoms. The summed E-state index contributed by atoms with van der Waals surface area (Å²) < 4.78 is 0. The normalized spacial score (nSPS) is 42.4. The fourth-order valence-corrected chi connectivity index (χ4v) is 2.23. The van der Waals surface area contributed by atoms with E-state index in [1.807, 2.05) is 0 Å². The van der Waals surface area contributed by atoms with Gasteiger partial charge >= 0.3 is 0 Å². The van der Waals surface area contributed by atoms with E-state index in [4.69, 9.17) is 0 Å². The molecule has 0 aromatic heterocycles. The first-order chi connectivity index (χ1) is 4.99. The minimum absolute atomic E-state index is 0.306. The molecule has 0 aliphatic heterocycles. The second-order valence-electron chi connectivity index (χ2n) is 4.64. The lowest BCUT2D eigenvalue weighted by Crippen LogP contribution is -2.17. The molecule has 0 saturated heterocycles. The molecule has 3 atom stereocenters. The summed E-state index contributed by atoms with van der Waals surface area (Å²) in [7, 11) is 0. The Morgan fingerprint density at radius 3 is 2.09 bits per heavy atom. The van der Waals surface area contributed by atoms with E-state index in [1.54, 1.807) is 0 Å². The van der Waals surface area contributed by atoms with Gasteiger partial charge < -0.3 is 4.79 Å². The lowest BCUT2D eigenvalue weighted by molar-refractivity contribution is -0.112. The van der Waals surface area contributed by atoms with Crippen molar-refractivity contribution in [1.82, 2.24) is 0 Å². The van der Waals surface area contributed by atoms with Gasteiger partial charge in [-0.2, -0.15) is 0 Å². The van der Waals surface area contributed by atoms with Crippen molar-refractivity contribution < 1.29 is 4.79 Å². The average Bonchev–Trinajstić information content (AvgIpc) is 2.13. The Bertz CT molecular complexity index is 160. The van der Waals surface area contributed by atoms with Crippen molar-refractivity contribution in [3.8, 4) is 0 Å². The summed E-state index contributed by atoms with van der Waals surface area (Å²) in [5, 5.41) is 0. The topological polar surface area (TPSA) is 17.1 Å². The van der Waals surface area contributed by atoms with Gasteiger partial charge in [0.25, 0.3) is 0 Å². The minimum Gasteiger partial charge on any atom is -0.303 e. The third kappa shape index (κ3) is 1.33. The van der Waals surface area contributed by atoms with Gasteiger partial charge in [0, 0.05) is 5.92 Å². The van der Waals surface area contributed by atoms with E-state index in [2.05, 4.69) is 27.7 Å². The van der Waals surface area contributed by atoms with Gasteiger partial charge in [0.2, 0.25) is 0 Å². The Morgan fingerprint density at radius 1 is 1.36 bits per heavy atom. The lowest BCUT2D eigenvalue weighted by Gasteiger charge is -2.24. The molecule has 1 fully saturated rings. The minimum atomic E-state index is 0.306. The summed E-state index contributed by atoms with van der Waals surface area (Å²) in [5.41, 5.74) is 0.366. The highest BCUT2D eigenvalue weighted by Gasteiger charge is 2.42. The summed E-state index contributed by atoms with van der Waals surface area (Å²) in [6, 6.07) is 0. The van der Waals surface area contributed by atoms with Crippen LogP contribution in [-0.2, 0) is 4.79 Å². The van der Waals surface area contributed by atoms with Gasteiger partial charge in [-0.1, -0.05) is 27.7 Å². The second-order valence-corrected chi connectivity index (χ2v) is 4.64. The molecule has 1 aliphatic carbocycles. The lowest BCUT2D eigenvalue weighted by atomic mass is 9.81.